The van der Waals surface area contributed by atoms with E-state index in [1.54, 1.807) is 12.1 Å². The standard InChI is InChI=1S/C24H31FN4O3/c1-18-6-5-7-19(2)24(18)26-23(32)16-28-12-10-27(11-13-28)14-20(31)15-29(17-30)22-9-4-3-8-21(22)25/h3-9,17,20,31H,10-16H2,1-2H3,(H,26,32). The van der Waals surface area contributed by atoms with Gasteiger partial charge < -0.3 is 15.3 Å². The lowest BCUT2D eigenvalue weighted by molar-refractivity contribution is -0.117. The van der Waals surface area contributed by atoms with E-state index in [-0.39, 0.29) is 18.1 Å². The van der Waals surface area contributed by atoms with Gasteiger partial charge in [0.15, 0.2) is 0 Å². The van der Waals surface area contributed by atoms with Gasteiger partial charge in [-0.05, 0) is 37.1 Å². The molecule has 8 heteroatoms. The molecule has 0 aromatic heterocycles. The largest absolute Gasteiger partial charge is 0.390 e. The average Bonchev–Trinajstić information content (AvgIpc) is 2.77. The van der Waals surface area contributed by atoms with Gasteiger partial charge in [-0.2, -0.15) is 0 Å². The molecule has 1 atom stereocenters. The van der Waals surface area contributed by atoms with Crippen molar-refractivity contribution in [1.82, 2.24) is 9.80 Å². The Labute approximate surface area is 188 Å². The Kier molecular flexibility index (Phi) is 8.33. The number of hydrogen-bond donors (Lipinski definition) is 2. The highest BCUT2D eigenvalue weighted by atomic mass is 19.1. The first-order chi connectivity index (χ1) is 15.4. The van der Waals surface area contributed by atoms with Crippen molar-refractivity contribution >= 4 is 23.7 Å². The van der Waals surface area contributed by atoms with Crippen LogP contribution in [-0.2, 0) is 9.59 Å². The van der Waals surface area contributed by atoms with Gasteiger partial charge in [0.25, 0.3) is 0 Å². The van der Waals surface area contributed by atoms with Gasteiger partial charge in [0.2, 0.25) is 12.3 Å². The first kappa shape index (κ1) is 23.8. The number of amides is 2. The number of benzene rings is 2. The minimum Gasteiger partial charge on any atom is -0.390 e. The molecule has 0 spiro atoms. The molecule has 1 aliphatic rings. The molecular formula is C24H31FN4O3. The van der Waals surface area contributed by atoms with Gasteiger partial charge in [-0.25, -0.2) is 4.39 Å². The SMILES string of the molecule is Cc1cccc(C)c1NC(=O)CN1CCN(CC(O)CN(C=O)c2ccccc2F)CC1. The maximum absolute atomic E-state index is 13.9. The number of carbonyl (C=O) groups excluding carboxylic acids is 2. The molecule has 1 saturated heterocycles. The second-order valence-electron chi connectivity index (χ2n) is 8.25. The summed E-state index contributed by atoms with van der Waals surface area (Å²) in [5, 5.41) is 13.5. The number of halogens is 1. The second kappa shape index (κ2) is 11.2. The molecule has 0 saturated carbocycles. The van der Waals surface area contributed by atoms with Crippen LogP contribution in [0.15, 0.2) is 42.5 Å². The Morgan fingerprint density at radius 1 is 1.09 bits per heavy atom. The summed E-state index contributed by atoms with van der Waals surface area (Å²) in [6, 6.07) is 11.9. The fourth-order valence-electron chi connectivity index (χ4n) is 3.99. The van der Waals surface area contributed by atoms with Crippen molar-refractivity contribution in [2.75, 3.05) is 56.0 Å². The Balaban J connectivity index is 1.44. The van der Waals surface area contributed by atoms with Crippen LogP contribution in [0.4, 0.5) is 15.8 Å². The lowest BCUT2D eigenvalue weighted by Gasteiger charge is -2.35. The molecule has 0 radical (unpaired) electrons. The highest BCUT2D eigenvalue weighted by Crippen LogP contribution is 2.20. The van der Waals surface area contributed by atoms with Crippen LogP contribution in [0, 0.1) is 19.7 Å². The fraction of sp³-hybridized carbons (Fsp3) is 0.417. The number of rotatable bonds is 9. The number of aryl methyl sites for hydroxylation is 2. The van der Waals surface area contributed by atoms with Crippen LogP contribution < -0.4 is 10.2 Å². The number of piperazine rings is 1. The van der Waals surface area contributed by atoms with Gasteiger partial charge in [-0.1, -0.05) is 30.3 Å². The van der Waals surface area contributed by atoms with E-state index in [0.717, 1.165) is 16.8 Å². The van der Waals surface area contributed by atoms with Crippen molar-refractivity contribution in [3.63, 3.8) is 0 Å². The number of β-amino-alcohol motifs (C(OH)–C–C–N with tert-alkyl or cyclic N) is 1. The summed E-state index contributed by atoms with van der Waals surface area (Å²) in [5.41, 5.74) is 3.10. The number of aliphatic hydroxyl groups is 1. The summed E-state index contributed by atoms with van der Waals surface area (Å²) in [5.74, 6) is -0.540. The van der Waals surface area contributed by atoms with Crippen LogP contribution in [0.3, 0.4) is 0 Å². The van der Waals surface area contributed by atoms with Gasteiger partial charge >= 0.3 is 0 Å². The lowest BCUT2D eigenvalue weighted by Crippen LogP contribution is -2.51. The third-order valence-corrected chi connectivity index (χ3v) is 5.74. The maximum Gasteiger partial charge on any atom is 0.238 e. The number of aliphatic hydroxyl groups excluding tert-OH is 1. The van der Waals surface area contributed by atoms with E-state index in [1.165, 1.54) is 17.0 Å². The maximum atomic E-state index is 13.9. The molecule has 0 bridgehead atoms. The van der Waals surface area contributed by atoms with E-state index < -0.39 is 11.9 Å². The number of hydrogen-bond acceptors (Lipinski definition) is 5. The highest BCUT2D eigenvalue weighted by Gasteiger charge is 2.23. The van der Waals surface area contributed by atoms with E-state index in [2.05, 4.69) is 15.1 Å². The summed E-state index contributed by atoms with van der Waals surface area (Å²) >= 11 is 0. The lowest BCUT2D eigenvalue weighted by atomic mass is 10.1. The summed E-state index contributed by atoms with van der Waals surface area (Å²) in [7, 11) is 0. The smallest absolute Gasteiger partial charge is 0.238 e. The number of nitrogens with zero attached hydrogens (tertiary/aromatic N) is 3. The Hall–Kier alpha value is -2.81. The monoisotopic (exact) mass is 442 g/mol. The average molecular weight is 443 g/mol. The molecule has 1 fully saturated rings. The van der Waals surface area contributed by atoms with Crippen LogP contribution in [0.25, 0.3) is 0 Å². The van der Waals surface area contributed by atoms with Crippen molar-refractivity contribution in [3.8, 4) is 0 Å². The Bertz CT molecular complexity index is 911. The highest BCUT2D eigenvalue weighted by molar-refractivity contribution is 5.93. The van der Waals surface area contributed by atoms with E-state index in [9.17, 15) is 19.1 Å². The molecule has 172 valence electrons. The van der Waals surface area contributed by atoms with Crippen LogP contribution in [-0.4, -0.2) is 79.1 Å². The quantitative estimate of drug-likeness (QED) is 0.581. The first-order valence-corrected chi connectivity index (χ1v) is 10.8. The molecule has 2 aromatic carbocycles. The van der Waals surface area contributed by atoms with E-state index >= 15 is 0 Å². The topological polar surface area (TPSA) is 76.1 Å². The molecule has 1 heterocycles. The van der Waals surface area contributed by atoms with Crippen molar-refractivity contribution in [2.45, 2.75) is 20.0 Å². The van der Waals surface area contributed by atoms with Crippen LogP contribution in [0.1, 0.15) is 11.1 Å². The molecule has 2 N–H and O–H groups in total. The van der Waals surface area contributed by atoms with Crippen molar-refractivity contribution in [3.05, 3.63) is 59.4 Å². The van der Waals surface area contributed by atoms with Crippen molar-refractivity contribution in [2.24, 2.45) is 0 Å². The van der Waals surface area contributed by atoms with Crippen LogP contribution in [0.2, 0.25) is 0 Å². The third kappa shape index (κ3) is 6.35. The number of carbonyl (C=O) groups is 2. The minimum absolute atomic E-state index is 0.0167. The normalized spacial score (nSPS) is 15.9. The predicted octanol–water partition coefficient (Wildman–Crippen LogP) is 2.02. The zero-order valence-corrected chi connectivity index (χ0v) is 18.6. The first-order valence-electron chi connectivity index (χ1n) is 10.8. The number of para-hydroxylation sites is 2. The molecular weight excluding hydrogens is 411 g/mol. The van der Waals surface area contributed by atoms with Gasteiger partial charge in [0, 0.05) is 38.4 Å². The summed E-state index contributed by atoms with van der Waals surface area (Å²) in [4.78, 5) is 29.2. The molecule has 2 amide bonds. The van der Waals surface area contributed by atoms with E-state index in [4.69, 9.17) is 0 Å². The summed E-state index contributed by atoms with van der Waals surface area (Å²) in [6.07, 6.45) is -0.271. The summed E-state index contributed by atoms with van der Waals surface area (Å²) < 4.78 is 13.9. The number of nitrogens with one attached hydrogen (secondary N) is 1. The second-order valence-corrected chi connectivity index (χ2v) is 8.25. The van der Waals surface area contributed by atoms with Gasteiger partial charge in [0.05, 0.1) is 24.9 Å². The molecule has 32 heavy (non-hydrogen) atoms. The van der Waals surface area contributed by atoms with Gasteiger partial charge in [-0.3, -0.25) is 19.4 Å². The third-order valence-electron chi connectivity index (χ3n) is 5.74. The fourth-order valence-corrected chi connectivity index (χ4v) is 3.99. The zero-order chi connectivity index (χ0) is 23.1. The van der Waals surface area contributed by atoms with Gasteiger partial charge in [0.1, 0.15) is 5.82 Å². The molecule has 0 aliphatic carbocycles. The molecule has 3 rings (SSSR count). The zero-order valence-electron chi connectivity index (χ0n) is 18.6. The Morgan fingerprint density at radius 3 is 2.34 bits per heavy atom. The summed E-state index contributed by atoms with van der Waals surface area (Å²) in [6.45, 7) is 7.48. The molecule has 1 aliphatic heterocycles. The molecule has 7 nitrogen and oxygen atoms in total. The van der Waals surface area contributed by atoms with Crippen molar-refractivity contribution in [1.29, 1.82) is 0 Å². The molecule has 2 aromatic rings. The van der Waals surface area contributed by atoms with Gasteiger partial charge in [-0.15, -0.1) is 0 Å². The van der Waals surface area contributed by atoms with Crippen molar-refractivity contribution < 1.29 is 19.1 Å². The predicted molar refractivity (Wildman–Crippen MR) is 123 cm³/mol. The molecule has 1 unspecified atom stereocenters. The Morgan fingerprint density at radius 2 is 1.72 bits per heavy atom. The van der Waals surface area contributed by atoms with Crippen LogP contribution >= 0.6 is 0 Å². The van der Waals surface area contributed by atoms with Crippen LogP contribution in [0.5, 0.6) is 0 Å². The van der Waals surface area contributed by atoms with E-state index in [0.29, 0.717) is 45.7 Å². The number of anilines is 2. The minimum atomic E-state index is -0.807. The van der Waals surface area contributed by atoms with E-state index in [1.807, 2.05) is 32.0 Å².